The molecule has 2 aromatic carbocycles. The molecule has 4 nitrogen and oxygen atoms in total. The Balaban J connectivity index is 1.68. The third-order valence-corrected chi connectivity index (χ3v) is 4.69. The number of carbonyl (C=O) groups excluding carboxylic acids is 1. The van der Waals surface area contributed by atoms with Crippen LogP contribution in [-0.2, 0) is 16.2 Å². The van der Waals surface area contributed by atoms with Crippen LogP contribution in [0.5, 0.6) is 0 Å². The number of halogens is 1. The molecule has 26 heavy (non-hydrogen) atoms. The Labute approximate surface area is 159 Å². The number of amides is 1. The molecule has 0 N–H and O–H groups in total. The molecule has 0 aromatic heterocycles. The Hall–Kier alpha value is -2.33. The second kappa shape index (κ2) is 8.37. The Morgan fingerprint density at radius 2 is 1.88 bits per heavy atom. The van der Waals surface area contributed by atoms with Gasteiger partial charge in [0.15, 0.2) is 6.10 Å². The first kappa shape index (κ1) is 18.5. The van der Waals surface area contributed by atoms with E-state index in [1.807, 2.05) is 73.3 Å². The summed E-state index contributed by atoms with van der Waals surface area (Å²) in [5.74, 6) is 0.0488. The zero-order valence-corrected chi connectivity index (χ0v) is 15.8. The van der Waals surface area contributed by atoms with Crippen LogP contribution in [0.15, 0.2) is 59.8 Å². The zero-order chi connectivity index (χ0) is 18.5. The van der Waals surface area contributed by atoms with Crippen LogP contribution in [0.4, 0.5) is 0 Å². The number of oxime groups is 1. The molecule has 1 atom stereocenters. The van der Waals surface area contributed by atoms with Crippen LogP contribution >= 0.6 is 11.6 Å². The van der Waals surface area contributed by atoms with Gasteiger partial charge in [-0.1, -0.05) is 79.1 Å². The third kappa shape index (κ3) is 4.44. The Kier molecular flexibility index (Phi) is 5.94. The van der Waals surface area contributed by atoms with Gasteiger partial charge < -0.3 is 9.74 Å². The van der Waals surface area contributed by atoms with Crippen molar-refractivity contribution in [3.63, 3.8) is 0 Å². The molecule has 1 aliphatic heterocycles. The maximum Gasteiger partial charge on any atom is 0.225 e. The summed E-state index contributed by atoms with van der Waals surface area (Å²) in [5, 5.41) is 4.87. The van der Waals surface area contributed by atoms with E-state index in [1.54, 1.807) is 0 Å². The van der Waals surface area contributed by atoms with Crippen LogP contribution in [0.3, 0.4) is 0 Å². The first-order valence-corrected chi connectivity index (χ1v) is 9.22. The summed E-state index contributed by atoms with van der Waals surface area (Å²) in [5.41, 5.74) is 2.82. The number of nitrogens with zero attached hydrogens (tertiary/aromatic N) is 2. The van der Waals surface area contributed by atoms with E-state index in [2.05, 4.69) is 5.16 Å². The highest BCUT2D eigenvalue weighted by molar-refractivity contribution is 6.34. The minimum Gasteiger partial charge on any atom is -0.390 e. The molecule has 0 fully saturated rings. The van der Waals surface area contributed by atoms with Gasteiger partial charge in [0.05, 0.1) is 12.3 Å². The van der Waals surface area contributed by atoms with Crippen LogP contribution in [0.25, 0.3) is 0 Å². The number of hydrogen-bond donors (Lipinski definition) is 0. The van der Waals surface area contributed by atoms with Gasteiger partial charge in [-0.05, 0) is 11.6 Å². The van der Waals surface area contributed by atoms with Gasteiger partial charge in [-0.3, -0.25) is 4.79 Å². The van der Waals surface area contributed by atoms with Gasteiger partial charge >= 0.3 is 0 Å². The topological polar surface area (TPSA) is 41.9 Å². The van der Waals surface area contributed by atoms with E-state index in [4.69, 9.17) is 16.4 Å². The first-order valence-electron chi connectivity index (χ1n) is 8.85. The van der Waals surface area contributed by atoms with Gasteiger partial charge in [0.1, 0.15) is 0 Å². The molecule has 1 amide bonds. The number of carbonyl (C=O) groups is 1. The van der Waals surface area contributed by atoms with Crippen LogP contribution in [0.1, 0.15) is 31.4 Å². The standard InChI is InChI=1S/C21H23ClN2O2/c1-15(2)21(25)24(13-16-8-4-3-5-9-16)14-17-12-20(23-26-17)18-10-6-7-11-19(18)22/h3-11,15,17H,12-14H2,1-2H3/t17-/m0/s1. The summed E-state index contributed by atoms with van der Waals surface area (Å²) in [4.78, 5) is 20.1. The molecule has 0 saturated carbocycles. The fourth-order valence-corrected chi connectivity index (χ4v) is 3.27. The van der Waals surface area contributed by atoms with E-state index < -0.39 is 0 Å². The van der Waals surface area contributed by atoms with Gasteiger partial charge in [-0.2, -0.15) is 0 Å². The predicted molar refractivity (Wildman–Crippen MR) is 104 cm³/mol. The van der Waals surface area contributed by atoms with Gasteiger partial charge in [-0.25, -0.2) is 0 Å². The minimum atomic E-state index is -0.160. The molecule has 136 valence electrons. The zero-order valence-electron chi connectivity index (χ0n) is 15.1. The van der Waals surface area contributed by atoms with Crippen LogP contribution in [0.2, 0.25) is 5.02 Å². The van der Waals surface area contributed by atoms with Crippen molar-refractivity contribution in [1.29, 1.82) is 0 Å². The number of benzene rings is 2. The Bertz CT molecular complexity index is 790. The predicted octanol–water partition coefficient (Wildman–Crippen LogP) is 4.52. The van der Waals surface area contributed by atoms with Crippen molar-refractivity contribution in [1.82, 2.24) is 4.90 Å². The van der Waals surface area contributed by atoms with Crippen LogP contribution in [-0.4, -0.2) is 29.2 Å². The quantitative estimate of drug-likeness (QED) is 0.750. The average molecular weight is 371 g/mol. The van der Waals surface area contributed by atoms with Crippen molar-refractivity contribution in [2.24, 2.45) is 11.1 Å². The largest absolute Gasteiger partial charge is 0.390 e. The van der Waals surface area contributed by atoms with Gasteiger partial charge in [-0.15, -0.1) is 0 Å². The van der Waals surface area contributed by atoms with E-state index in [0.717, 1.165) is 16.8 Å². The molecule has 0 saturated heterocycles. The maximum atomic E-state index is 12.7. The highest BCUT2D eigenvalue weighted by atomic mass is 35.5. The molecule has 3 rings (SSSR count). The summed E-state index contributed by atoms with van der Waals surface area (Å²) in [6.07, 6.45) is 0.480. The molecular formula is C21H23ClN2O2. The Morgan fingerprint density at radius 3 is 2.58 bits per heavy atom. The van der Waals surface area contributed by atoms with Crippen molar-refractivity contribution in [2.45, 2.75) is 32.9 Å². The summed E-state index contributed by atoms with van der Waals surface area (Å²) >= 11 is 6.26. The molecule has 0 aliphatic carbocycles. The molecule has 0 unspecified atom stereocenters. The molecular weight excluding hydrogens is 348 g/mol. The number of hydrogen-bond acceptors (Lipinski definition) is 3. The van der Waals surface area contributed by atoms with E-state index in [9.17, 15) is 4.79 Å². The first-order chi connectivity index (χ1) is 12.5. The normalized spacial score (nSPS) is 16.3. The SMILES string of the molecule is CC(C)C(=O)N(Cc1ccccc1)C[C@@H]1CC(c2ccccc2Cl)=NO1. The van der Waals surface area contributed by atoms with Gasteiger partial charge in [0.25, 0.3) is 0 Å². The lowest BCUT2D eigenvalue weighted by atomic mass is 10.0. The molecule has 2 aromatic rings. The molecule has 1 aliphatic rings. The third-order valence-electron chi connectivity index (χ3n) is 4.36. The van der Waals surface area contributed by atoms with Crippen molar-refractivity contribution in [2.75, 3.05) is 6.54 Å². The van der Waals surface area contributed by atoms with Crippen molar-refractivity contribution in [3.8, 4) is 0 Å². The lowest BCUT2D eigenvalue weighted by Crippen LogP contribution is -2.39. The smallest absolute Gasteiger partial charge is 0.225 e. The molecule has 0 bridgehead atoms. The maximum absolute atomic E-state index is 12.7. The summed E-state index contributed by atoms with van der Waals surface area (Å²) in [6.45, 7) is 4.91. The molecule has 1 heterocycles. The van der Waals surface area contributed by atoms with E-state index in [-0.39, 0.29) is 17.9 Å². The van der Waals surface area contributed by atoms with E-state index in [0.29, 0.717) is 24.5 Å². The van der Waals surface area contributed by atoms with E-state index in [1.165, 1.54) is 0 Å². The van der Waals surface area contributed by atoms with Crippen LogP contribution in [0, 0.1) is 5.92 Å². The molecule has 0 spiro atoms. The second-order valence-corrected chi connectivity index (χ2v) is 7.22. The van der Waals surface area contributed by atoms with E-state index >= 15 is 0 Å². The number of rotatable bonds is 6. The lowest BCUT2D eigenvalue weighted by Gasteiger charge is -2.26. The van der Waals surface area contributed by atoms with Gasteiger partial charge in [0.2, 0.25) is 5.91 Å². The highest BCUT2D eigenvalue weighted by Gasteiger charge is 2.28. The van der Waals surface area contributed by atoms with Crippen LogP contribution < -0.4 is 0 Å². The second-order valence-electron chi connectivity index (χ2n) is 6.81. The van der Waals surface area contributed by atoms with Crippen molar-refractivity contribution in [3.05, 3.63) is 70.7 Å². The fraction of sp³-hybridized carbons (Fsp3) is 0.333. The fourth-order valence-electron chi connectivity index (χ4n) is 3.03. The van der Waals surface area contributed by atoms with Crippen molar-refractivity contribution < 1.29 is 9.63 Å². The molecule has 0 radical (unpaired) electrons. The Morgan fingerprint density at radius 1 is 1.19 bits per heavy atom. The lowest BCUT2D eigenvalue weighted by molar-refractivity contribution is -0.136. The summed E-state index contributed by atoms with van der Waals surface area (Å²) in [7, 11) is 0. The highest BCUT2D eigenvalue weighted by Crippen LogP contribution is 2.24. The van der Waals surface area contributed by atoms with Gasteiger partial charge in [0, 0.05) is 29.5 Å². The minimum absolute atomic E-state index is 0.0657. The van der Waals surface area contributed by atoms with Crippen molar-refractivity contribution >= 4 is 23.2 Å². The molecule has 5 heteroatoms. The average Bonchev–Trinajstić information content (AvgIpc) is 3.10. The summed E-state index contributed by atoms with van der Waals surface area (Å²) in [6, 6.07) is 17.6. The summed E-state index contributed by atoms with van der Waals surface area (Å²) < 4.78 is 0. The monoisotopic (exact) mass is 370 g/mol.